The summed E-state index contributed by atoms with van der Waals surface area (Å²) in [6.07, 6.45) is 5.19. The van der Waals surface area contributed by atoms with Gasteiger partial charge in [0.15, 0.2) is 11.5 Å². The second-order valence-electron chi connectivity index (χ2n) is 9.51. The summed E-state index contributed by atoms with van der Waals surface area (Å²) in [5.41, 5.74) is 1.76. The molecule has 2 aromatic rings. The van der Waals surface area contributed by atoms with Gasteiger partial charge in [0.25, 0.3) is 0 Å². The number of hydrogen-bond donors (Lipinski definition) is 4. The highest BCUT2D eigenvalue weighted by Crippen LogP contribution is 2.38. The first-order valence-electron chi connectivity index (χ1n) is 12.6. The molecule has 1 aromatic heterocycles. The monoisotopic (exact) mass is 640 g/mol. The van der Waals surface area contributed by atoms with Crippen molar-refractivity contribution in [2.45, 2.75) is 57.1 Å². The van der Waals surface area contributed by atoms with Crippen LogP contribution in [0, 0.1) is 9.49 Å². The molecule has 2 aliphatic carbocycles. The molecule has 3 atom stereocenters. The van der Waals surface area contributed by atoms with Crippen molar-refractivity contribution >= 4 is 34.4 Å². The molecule has 38 heavy (non-hydrogen) atoms. The lowest BCUT2D eigenvalue weighted by Gasteiger charge is -2.42. The molecule has 0 aliphatic heterocycles. The summed E-state index contributed by atoms with van der Waals surface area (Å²) in [4.78, 5) is 28.2. The van der Waals surface area contributed by atoms with Crippen molar-refractivity contribution in [3.63, 3.8) is 0 Å². The molecule has 0 saturated heterocycles. The number of amides is 2. The molecule has 4 N–H and O–H groups in total. The number of rotatable bonds is 11. The minimum Gasteiger partial charge on any atom is -0.493 e. The Hall–Kier alpha value is -2.61. The Morgan fingerprint density at radius 1 is 1.24 bits per heavy atom. The topological polar surface area (TPSA) is 142 Å². The molecule has 11 heteroatoms. The van der Waals surface area contributed by atoms with Gasteiger partial charge < -0.3 is 39.4 Å². The fraction of sp³-hybridized carbons (Fsp3) is 0.481. The molecular weight excluding hydrogens is 607 g/mol. The third-order valence-electron chi connectivity index (χ3n) is 7.01. The van der Waals surface area contributed by atoms with E-state index in [2.05, 4.69) is 27.9 Å². The number of furan rings is 1. The van der Waals surface area contributed by atoms with Crippen LogP contribution in [0.15, 0.2) is 46.8 Å². The Morgan fingerprint density at radius 2 is 2.03 bits per heavy atom. The number of halogens is 1. The van der Waals surface area contributed by atoms with Crippen molar-refractivity contribution in [3.8, 4) is 11.5 Å². The van der Waals surface area contributed by atoms with E-state index in [1.54, 1.807) is 35.4 Å². The van der Waals surface area contributed by atoms with Gasteiger partial charge in [0.2, 0.25) is 11.8 Å². The van der Waals surface area contributed by atoms with Gasteiger partial charge in [-0.15, -0.1) is 0 Å². The Morgan fingerprint density at radius 3 is 2.63 bits per heavy atom. The standard InChI is InChI=1S/C27H33IN2O8/c1-36-23-10-17(14-32)9-20(28)25(23)38-22-12-19(26(34)29-6-7-31)11-21(24(22)33)30(13-16-5-8-37-15-16)27(35)18-3-2-4-18/h5,8-10,12,15,18,21-22,24,31-33H,2-4,6-7,11,13-14H2,1H3,(H,29,34). The van der Waals surface area contributed by atoms with Crippen molar-refractivity contribution in [1.29, 1.82) is 0 Å². The molecule has 2 amide bonds. The van der Waals surface area contributed by atoms with E-state index in [-0.39, 0.29) is 44.5 Å². The van der Waals surface area contributed by atoms with Crippen LogP contribution in [0.2, 0.25) is 0 Å². The number of nitrogens with zero attached hydrogens (tertiary/aromatic N) is 1. The van der Waals surface area contributed by atoms with Gasteiger partial charge in [0, 0.05) is 36.6 Å². The fourth-order valence-electron chi connectivity index (χ4n) is 4.72. The maximum Gasteiger partial charge on any atom is 0.247 e. The molecule has 10 nitrogen and oxygen atoms in total. The highest BCUT2D eigenvalue weighted by molar-refractivity contribution is 14.1. The third kappa shape index (κ3) is 6.33. The molecule has 206 valence electrons. The highest BCUT2D eigenvalue weighted by atomic mass is 127. The average molecular weight is 640 g/mol. The number of nitrogens with one attached hydrogen (secondary N) is 1. The molecule has 0 spiro atoms. The van der Waals surface area contributed by atoms with Crippen molar-refractivity contribution in [3.05, 3.63) is 57.1 Å². The Balaban J connectivity index is 1.70. The van der Waals surface area contributed by atoms with Crippen LogP contribution in [0.3, 0.4) is 0 Å². The molecule has 0 bridgehead atoms. The van der Waals surface area contributed by atoms with Crippen LogP contribution >= 0.6 is 22.6 Å². The summed E-state index contributed by atoms with van der Waals surface area (Å²) < 4.78 is 17.6. The van der Waals surface area contributed by atoms with Gasteiger partial charge >= 0.3 is 0 Å². The number of methoxy groups -OCH3 is 1. The van der Waals surface area contributed by atoms with E-state index in [1.165, 1.54) is 13.4 Å². The Bertz CT molecular complexity index is 1150. The molecule has 3 unspecified atom stereocenters. The summed E-state index contributed by atoms with van der Waals surface area (Å²) in [5.74, 6) is 0.125. The van der Waals surface area contributed by atoms with Gasteiger partial charge in [-0.1, -0.05) is 6.42 Å². The van der Waals surface area contributed by atoms with Gasteiger partial charge in [0.05, 0.1) is 42.5 Å². The summed E-state index contributed by atoms with van der Waals surface area (Å²) in [6, 6.07) is 4.41. The van der Waals surface area contributed by atoms with E-state index in [9.17, 15) is 24.9 Å². The second kappa shape index (κ2) is 13.0. The number of aliphatic hydroxyl groups excluding tert-OH is 3. The quantitative estimate of drug-likeness (QED) is 0.274. The average Bonchev–Trinajstić information content (AvgIpc) is 3.40. The van der Waals surface area contributed by atoms with E-state index in [1.807, 2.05) is 0 Å². The molecule has 4 rings (SSSR count). The van der Waals surface area contributed by atoms with Crippen LogP contribution in [0.25, 0.3) is 0 Å². The van der Waals surface area contributed by atoms with Crippen molar-refractivity contribution in [1.82, 2.24) is 10.2 Å². The smallest absolute Gasteiger partial charge is 0.247 e. The minimum atomic E-state index is -1.15. The van der Waals surface area contributed by atoms with Crippen LogP contribution < -0.4 is 14.8 Å². The van der Waals surface area contributed by atoms with Crippen LogP contribution in [0.1, 0.15) is 36.8 Å². The van der Waals surface area contributed by atoms with Crippen LogP contribution in [0.4, 0.5) is 0 Å². The number of aliphatic hydroxyl groups is 3. The van der Waals surface area contributed by atoms with Gasteiger partial charge in [0.1, 0.15) is 12.2 Å². The van der Waals surface area contributed by atoms with E-state index in [4.69, 9.17) is 13.9 Å². The maximum absolute atomic E-state index is 13.6. The summed E-state index contributed by atoms with van der Waals surface area (Å²) in [5, 5.41) is 33.0. The summed E-state index contributed by atoms with van der Waals surface area (Å²) in [7, 11) is 1.48. The van der Waals surface area contributed by atoms with Crippen molar-refractivity contribution < 1.29 is 38.8 Å². The maximum atomic E-state index is 13.6. The first-order valence-corrected chi connectivity index (χ1v) is 13.7. The largest absolute Gasteiger partial charge is 0.493 e. The number of ether oxygens (including phenoxy) is 2. The first kappa shape index (κ1) is 28.4. The molecule has 1 saturated carbocycles. The van der Waals surface area contributed by atoms with E-state index in [0.717, 1.165) is 24.8 Å². The predicted molar refractivity (Wildman–Crippen MR) is 145 cm³/mol. The summed E-state index contributed by atoms with van der Waals surface area (Å²) >= 11 is 2.06. The lowest BCUT2D eigenvalue weighted by molar-refractivity contribution is -0.146. The van der Waals surface area contributed by atoms with Crippen molar-refractivity contribution in [2.24, 2.45) is 5.92 Å². The minimum absolute atomic E-state index is 0.0724. The van der Waals surface area contributed by atoms with Gasteiger partial charge in [-0.3, -0.25) is 9.59 Å². The van der Waals surface area contributed by atoms with E-state index < -0.39 is 24.2 Å². The number of benzene rings is 1. The van der Waals surface area contributed by atoms with Crippen LogP contribution in [-0.2, 0) is 22.7 Å². The molecule has 2 aliphatic rings. The SMILES string of the molecule is COc1cc(CO)cc(I)c1OC1C=C(C(=O)NCCO)CC(N(Cc2ccoc2)C(=O)C2CCC2)C1O. The lowest BCUT2D eigenvalue weighted by Crippen LogP contribution is -2.56. The molecule has 1 heterocycles. The van der Waals surface area contributed by atoms with Gasteiger partial charge in [-0.25, -0.2) is 0 Å². The second-order valence-corrected chi connectivity index (χ2v) is 10.7. The zero-order valence-electron chi connectivity index (χ0n) is 21.1. The first-order chi connectivity index (χ1) is 18.4. The van der Waals surface area contributed by atoms with Gasteiger partial charge in [-0.2, -0.15) is 0 Å². The van der Waals surface area contributed by atoms with Crippen LogP contribution in [-0.4, -0.2) is 70.5 Å². The zero-order valence-corrected chi connectivity index (χ0v) is 23.3. The summed E-state index contributed by atoms with van der Waals surface area (Å²) in [6.45, 7) is -0.104. The molecule has 1 fully saturated rings. The predicted octanol–water partition coefficient (Wildman–Crippen LogP) is 2.13. The molecule has 1 aromatic carbocycles. The van der Waals surface area contributed by atoms with Crippen LogP contribution in [0.5, 0.6) is 11.5 Å². The molecular formula is C27H33IN2O8. The third-order valence-corrected chi connectivity index (χ3v) is 7.81. The number of carbonyl (C=O) groups is 2. The number of carbonyl (C=O) groups excluding carboxylic acids is 2. The number of hydrogen-bond acceptors (Lipinski definition) is 8. The Labute approximate surface area is 234 Å². The highest BCUT2D eigenvalue weighted by Gasteiger charge is 2.43. The van der Waals surface area contributed by atoms with E-state index >= 15 is 0 Å². The van der Waals surface area contributed by atoms with Gasteiger partial charge in [-0.05, 0) is 65.3 Å². The van der Waals surface area contributed by atoms with E-state index in [0.29, 0.717) is 26.2 Å². The fourth-order valence-corrected chi connectivity index (χ4v) is 5.52. The van der Waals surface area contributed by atoms with Crippen molar-refractivity contribution in [2.75, 3.05) is 20.3 Å². The normalized spacial score (nSPS) is 21.3. The zero-order chi connectivity index (χ0) is 27.2. The Kier molecular flexibility index (Phi) is 9.69. The lowest BCUT2D eigenvalue weighted by atomic mass is 9.82. The molecule has 0 radical (unpaired) electrons.